The van der Waals surface area contributed by atoms with Gasteiger partial charge in [-0.15, -0.1) is 0 Å². The number of ether oxygens (including phenoxy) is 1. The van der Waals surface area contributed by atoms with Crippen LogP contribution in [0.15, 0.2) is 18.3 Å². The molecule has 1 aromatic rings. The van der Waals surface area contributed by atoms with Crippen LogP contribution in [0.25, 0.3) is 0 Å². The van der Waals surface area contributed by atoms with Crippen molar-refractivity contribution in [3.8, 4) is 0 Å². The van der Waals surface area contributed by atoms with Crippen molar-refractivity contribution in [2.75, 3.05) is 31.7 Å². The van der Waals surface area contributed by atoms with Crippen LogP contribution >= 0.6 is 0 Å². The SMILES string of the molecule is CCOCCN(C)c1cc(CNC2CC2)ccn1. The van der Waals surface area contributed by atoms with Crippen molar-refractivity contribution >= 4 is 5.82 Å². The third-order valence-corrected chi connectivity index (χ3v) is 3.15. The van der Waals surface area contributed by atoms with Gasteiger partial charge >= 0.3 is 0 Å². The van der Waals surface area contributed by atoms with Crippen molar-refractivity contribution in [3.63, 3.8) is 0 Å². The van der Waals surface area contributed by atoms with Gasteiger partial charge in [0.1, 0.15) is 5.82 Å². The summed E-state index contributed by atoms with van der Waals surface area (Å²) in [7, 11) is 2.06. The number of hydrogen-bond acceptors (Lipinski definition) is 4. The first-order valence-electron chi connectivity index (χ1n) is 6.76. The topological polar surface area (TPSA) is 37.4 Å². The maximum atomic E-state index is 5.36. The molecule has 1 aliphatic carbocycles. The number of likely N-dealkylation sites (N-methyl/N-ethyl adjacent to an activating group) is 1. The van der Waals surface area contributed by atoms with Gasteiger partial charge in [0, 0.05) is 39.0 Å². The van der Waals surface area contributed by atoms with Crippen LogP contribution in [0.5, 0.6) is 0 Å². The lowest BCUT2D eigenvalue weighted by molar-refractivity contribution is 0.154. The third kappa shape index (κ3) is 4.27. The second-order valence-corrected chi connectivity index (χ2v) is 4.80. The molecule has 0 spiro atoms. The first-order valence-corrected chi connectivity index (χ1v) is 6.76. The molecular formula is C14H23N3O. The number of anilines is 1. The van der Waals surface area contributed by atoms with Gasteiger partial charge in [0.15, 0.2) is 0 Å². The maximum absolute atomic E-state index is 5.36. The molecule has 0 aliphatic heterocycles. The van der Waals surface area contributed by atoms with Crippen LogP contribution in [0.3, 0.4) is 0 Å². The van der Waals surface area contributed by atoms with Crippen LogP contribution in [0.2, 0.25) is 0 Å². The molecule has 18 heavy (non-hydrogen) atoms. The predicted octanol–water partition coefficient (Wildman–Crippen LogP) is 1.81. The van der Waals surface area contributed by atoms with Gasteiger partial charge < -0.3 is 15.0 Å². The number of aromatic nitrogens is 1. The highest BCUT2D eigenvalue weighted by Crippen LogP contribution is 2.19. The summed E-state index contributed by atoms with van der Waals surface area (Å²) >= 11 is 0. The molecule has 0 unspecified atom stereocenters. The fourth-order valence-corrected chi connectivity index (χ4v) is 1.79. The van der Waals surface area contributed by atoms with E-state index in [1.807, 2.05) is 13.1 Å². The molecule has 0 atom stereocenters. The molecule has 1 heterocycles. The van der Waals surface area contributed by atoms with E-state index in [1.54, 1.807) is 0 Å². The highest BCUT2D eigenvalue weighted by molar-refractivity contribution is 5.40. The van der Waals surface area contributed by atoms with Crippen LogP contribution in [0.1, 0.15) is 25.3 Å². The highest BCUT2D eigenvalue weighted by Gasteiger charge is 2.19. The van der Waals surface area contributed by atoms with Gasteiger partial charge in [-0.05, 0) is 37.5 Å². The molecule has 1 N–H and O–H groups in total. The summed E-state index contributed by atoms with van der Waals surface area (Å²) in [6, 6.07) is 4.98. The standard InChI is InChI=1S/C14H23N3O/c1-3-18-9-8-17(2)14-10-12(6-7-15-14)11-16-13-4-5-13/h6-7,10,13,16H,3-5,8-9,11H2,1-2H3. The maximum Gasteiger partial charge on any atom is 0.128 e. The Hall–Kier alpha value is -1.13. The summed E-state index contributed by atoms with van der Waals surface area (Å²) in [6.07, 6.45) is 4.54. The Morgan fingerprint density at radius 1 is 1.50 bits per heavy atom. The number of nitrogens with zero attached hydrogens (tertiary/aromatic N) is 2. The van der Waals surface area contributed by atoms with Gasteiger partial charge in [-0.2, -0.15) is 0 Å². The summed E-state index contributed by atoms with van der Waals surface area (Å²) in [5.41, 5.74) is 1.30. The van der Waals surface area contributed by atoms with Gasteiger partial charge in [-0.1, -0.05) is 0 Å². The van der Waals surface area contributed by atoms with E-state index < -0.39 is 0 Å². The molecular weight excluding hydrogens is 226 g/mol. The molecule has 4 nitrogen and oxygen atoms in total. The van der Waals surface area contributed by atoms with Crippen molar-refractivity contribution < 1.29 is 4.74 Å². The van der Waals surface area contributed by atoms with E-state index in [1.165, 1.54) is 18.4 Å². The van der Waals surface area contributed by atoms with Gasteiger partial charge in [0.05, 0.1) is 6.61 Å². The lowest BCUT2D eigenvalue weighted by Gasteiger charge is -2.18. The summed E-state index contributed by atoms with van der Waals surface area (Å²) in [6.45, 7) is 5.36. The summed E-state index contributed by atoms with van der Waals surface area (Å²) < 4.78 is 5.36. The average molecular weight is 249 g/mol. The van der Waals surface area contributed by atoms with Crippen molar-refractivity contribution in [2.24, 2.45) is 0 Å². The van der Waals surface area contributed by atoms with Gasteiger partial charge in [-0.25, -0.2) is 4.98 Å². The fourth-order valence-electron chi connectivity index (χ4n) is 1.79. The monoisotopic (exact) mass is 249 g/mol. The average Bonchev–Trinajstić information content (AvgIpc) is 3.21. The van der Waals surface area contributed by atoms with Crippen LogP contribution in [-0.2, 0) is 11.3 Å². The number of rotatable bonds is 8. The van der Waals surface area contributed by atoms with E-state index in [9.17, 15) is 0 Å². The summed E-state index contributed by atoms with van der Waals surface area (Å²) in [5, 5.41) is 3.52. The summed E-state index contributed by atoms with van der Waals surface area (Å²) in [5.74, 6) is 1.02. The quantitative estimate of drug-likeness (QED) is 0.713. The fraction of sp³-hybridized carbons (Fsp3) is 0.643. The Bertz CT molecular complexity index is 366. The van der Waals surface area contributed by atoms with E-state index in [2.05, 4.69) is 34.4 Å². The van der Waals surface area contributed by atoms with Crippen LogP contribution in [0, 0.1) is 0 Å². The zero-order chi connectivity index (χ0) is 12.8. The molecule has 4 heteroatoms. The summed E-state index contributed by atoms with van der Waals surface area (Å²) in [4.78, 5) is 6.54. The zero-order valence-corrected chi connectivity index (χ0v) is 11.4. The number of pyridine rings is 1. The highest BCUT2D eigenvalue weighted by atomic mass is 16.5. The molecule has 1 saturated carbocycles. The molecule has 1 aromatic heterocycles. The molecule has 1 aliphatic rings. The van der Waals surface area contributed by atoms with Crippen molar-refractivity contribution in [2.45, 2.75) is 32.4 Å². The van der Waals surface area contributed by atoms with Crippen molar-refractivity contribution in [3.05, 3.63) is 23.9 Å². The number of nitrogens with one attached hydrogen (secondary N) is 1. The molecule has 1 fully saturated rings. The van der Waals surface area contributed by atoms with Crippen LogP contribution < -0.4 is 10.2 Å². The molecule has 0 bridgehead atoms. The minimum absolute atomic E-state index is 0.747. The van der Waals surface area contributed by atoms with E-state index in [4.69, 9.17) is 4.74 Å². The van der Waals surface area contributed by atoms with Crippen molar-refractivity contribution in [1.82, 2.24) is 10.3 Å². The molecule has 0 amide bonds. The van der Waals surface area contributed by atoms with E-state index >= 15 is 0 Å². The molecule has 0 saturated heterocycles. The van der Waals surface area contributed by atoms with Gasteiger partial charge in [0.25, 0.3) is 0 Å². The van der Waals surface area contributed by atoms with E-state index in [0.717, 1.165) is 38.2 Å². The second-order valence-electron chi connectivity index (χ2n) is 4.80. The minimum atomic E-state index is 0.747. The Morgan fingerprint density at radius 3 is 3.06 bits per heavy atom. The van der Waals surface area contributed by atoms with Crippen LogP contribution in [0.4, 0.5) is 5.82 Å². The van der Waals surface area contributed by atoms with E-state index in [0.29, 0.717) is 0 Å². The smallest absolute Gasteiger partial charge is 0.128 e. The van der Waals surface area contributed by atoms with E-state index in [-0.39, 0.29) is 0 Å². The largest absolute Gasteiger partial charge is 0.380 e. The first-order chi connectivity index (χ1) is 8.79. The molecule has 0 aromatic carbocycles. The second kappa shape index (κ2) is 6.71. The Kier molecular flexibility index (Phi) is 4.96. The van der Waals surface area contributed by atoms with Gasteiger partial charge in [0.2, 0.25) is 0 Å². The van der Waals surface area contributed by atoms with Crippen LogP contribution in [-0.4, -0.2) is 37.8 Å². The van der Waals surface area contributed by atoms with Gasteiger partial charge in [-0.3, -0.25) is 0 Å². The third-order valence-electron chi connectivity index (χ3n) is 3.15. The Labute approximate surface area is 109 Å². The predicted molar refractivity (Wildman–Crippen MR) is 73.9 cm³/mol. The number of hydrogen-bond donors (Lipinski definition) is 1. The lowest BCUT2D eigenvalue weighted by atomic mass is 10.2. The first kappa shape index (κ1) is 13.3. The molecule has 2 rings (SSSR count). The minimum Gasteiger partial charge on any atom is -0.380 e. The lowest BCUT2D eigenvalue weighted by Crippen LogP contribution is -2.24. The molecule has 0 radical (unpaired) electrons. The Balaban J connectivity index is 1.84. The zero-order valence-electron chi connectivity index (χ0n) is 11.4. The normalized spacial score (nSPS) is 14.8. The van der Waals surface area contributed by atoms with Crippen molar-refractivity contribution in [1.29, 1.82) is 0 Å². The Morgan fingerprint density at radius 2 is 2.33 bits per heavy atom. The molecule has 100 valence electrons.